The van der Waals surface area contributed by atoms with Crippen molar-refractivity contribution >= 4 is 11.9 Å². The summed E-state index contributed by atoms with van der Waals surface area (Å²) in [7, 11) is 0. The van der Waals surface area contributed by atoms with Gasteiger partial charge in [-0.25, -0.2) is 0 Å². The van der Waals surface area contributed by atoms with Gasteiger partial charge in [0.05, 0.1) is 6.61 Å². The molecular weight excluding hydrogens is 608 g/mol. The van der Waals surface area contributed by atoms with Crippen molar-refractivity contribution in [1.29, 1.82) is 0 Å². The highest BCUT2D eigenvalue weighted by Gasteiger charge is 2.16. The van der Waals surface area contributed by atoms with E-state index in [1.807, 2.05) is 0 Å². The molecule has 0 aliphatic carbocycles. The molecule has 0 saturated heterocycles. The van der Waals surface area contributed by atoms with Gasteiger partial charge in [-0.3, -0.25) is 9.59 Å². The largest absolute Gasteiger partial charge is 0.462 e. The van der Waals surface area contributed by atoms with E-state index in [1.54, 1.807) is 0 Å². The van der Waals surface area contributed by atoms with Crippen LogP contribution in [0, 0.1) is 11.8 Å². The number of carbonyl (C=O) groups excluding carboxylic acids is 2. The van der Waals surface area contributed by atoms with E-state index >= 15 is 0 Å². The Bertz CT molecular complexity index is 691. The number of unbranched alkanes of at least 4 members (excludes halogenated alkanes) is 27. The lowest BCUT2D eigenvalue weighted by atomic mass is 10.0. The van der Waals surface area contributed by atoms with Crippen molar-refractivity contribution in [2.24, 2.45) is 11.8 Å². The quantitative estimate of drug-likeness (QED) is 0.0512. The van der Waals surface area contributed by atoms with E-state index in [0.717, 1.165) is 43.9 Å². The van der Waals surface area contributed by atoms with E-state index in [4.69, 9.17) is 9.47 Å². The Kier molecular flexibility index (Phi) is 37.3. The lowest BCUT2D eigenvalue weighted by Gasteiger charge is -2.15. The topological polar surface area (TPSA) is 72.8 Å². The van der Waals surface area contributed by atoms with Gasteiger partial charge in [-0.1, -0.05) is 214 Å². The lowest BCUT2D eigenvalue weighted by Crippen LogP contribution is -2.28. The summed E-state index contributed by atoms with van der Waals surface area (Å²) in [4.78, 5) is 24.3. The summed E-state index contributed by atoms with van der Waals surface area (Å²) in [6.07, 6.45) is 40.3. The fraction of sp³-hybridized carbons (Fsp3) is 0.955. The van der Waals surface area contributed by atoms with Gasteiger partial charge in [0.1, 0.15) is 6.61 Å². The minimum Gasteiger partial charge on any atom is -0.462 e. The molecule has 0 aromatic rings. The molecule has 5 heteroatoms. The monoisotopic (exact) mass is 695 g/mol. The number of esters is 2. The van der Waals surface area contributed by atoms with Crippen LogP contribution >= 0.6 is 0 Å². The van der Waals surface area contributed by atoms with Crippen LogP contribution in [-0.4, -0.2) is 36.4 Å². The van der Waals surface area contributed by atoms with Gasteiger partial charge in [0, 0.05) is 12.8 Å². The molecule has 0 heterocycles. The van der Waals surface area contributed by atoms with E-state index in [9.17, 15) is 14.7 Å². The predicted octanol–water partition coefficient (Wildman–Crippen LogP) is 13.6. The second-order valence-electron chi connectivity index (χ2n) is 16.1. The molecule has 0 spiro atoms. The number of aliphatic hydroxyl groups excluding tert-OH is 1. The van der Waals surface area contributed by atoms with Gasteiger partial charge in [0.15, 0.2) is 6.10 Å². The molecule has 1 N–H and O–H groups in total. The van der Waals surface area contributed by atoms with Gasteiger partial charge in [0.25, 0.3) is 0 Å². The first kappa shape index (κ1) is 47.9. The van der Waals surface area contributed by atoms with Crippen LogP contribution in [0.15, 0.2) is 0 Å². The molecule has 0 saturated carbocycles. The molecule has 5 nitrogen and oxygen atoms in total. The second kappa shape index (κ2) is 38.1. The molecule has 0 amide bonds. The van der Waals surface area contributed by atoms with Crippen LogP contribution in [0.25, 0.3) is 0 Å². The number of aliphatic hydroxyl groups is 1. The number of ether oxygens (including phenoxy) is 2. The van der Waals surface area contributed by atoms with Crippen LogP contribution < -0.4 is 0 Å². The third kappa shape index (κ3) is 39.5. The third-order valence-corrected chi connectivity index (χ3v) is 10.0. The number of rotatable bonds is 39. The molecule has 0 rings (SSSR count). The molecular formula is C44H86O5. The maximum Gasteiger partial charge on any atom is 0.306 e. The molecule has 49 heavy (non-hydrogen) atoms. The number of hydrogen-bond donors (Lipinski definition) is 1. The average Bonchev–Trinajstić information content (AvgIpc) is 3.07. The van der Waals surface area contributed by atoms with Gasteiger partial charge >= 0.3 is 11.9 Å². The Morgan fingerprint density at radius 1 is 0.408 bits per heavy atom. The Morgan fingerprint density at radius 3 is 0.959 bits per heavy atom. The molecule has 0 fully saturated rings. The van der Waals surface area contributed by atoms with Crippen LogP contribution in [-0.2, 0) is 19.1 Å². The van der Waals surface area contributed by atoms with E-state index in [0.29, 0.717) is 12.8 Å². The van der Waals surface area contributed by atoms with Crippen LogP contribution in [0.1, 0.15) is 240 Å². The lowest BCUT2D eigenvalue weighted by molar-refractivity contribution is -0.161. The van der Waals surface area contributed by atoms with Gasteiger partial charge in [-0.05, 0) is 24.7 Å². The van der Waals surface area contributed by atoms with E-state index in [2.05, 4.69) is 27.7 Å². The molecule has 0 aliphatic heterocycles. The van der Waals surface area contributed by atoms with Crippen molar-refractivity contribution in [2.45, 2.75) is 246 Å². The Balaban J connectivity index is 3.47. The van der Waals surface area contributed by atoms with Crippen molar-refractivity contribution in [3.63, 3.8) is 0 Å². The summed E-state index contributed by atoms with van der Waals surface area (Å²) in [6.45, 7) is 8.89. The zero-order valence-electron chi connectivity index (χ0n) is 33.6. The highest BCUT2D eigenvalue weighted by molar-refractivity contribution is 5.70. The zero-order chi connectivity index (χ0) is 36.0. The number of hydrogen-bond acceptors (Lipinski definition) is 5. The van der Waals surface area contributed by atoms with E-state index in [1.165, 1.54) is 167 Å². The maximum atomic E-state index is 12.2. The number of carbonyl (C=O) groups is 2. The van der Waals surface area contributed by atoms with Crippen LogP contribution in [0.5, 0.6) is 0 Å². The van der Waals surface area contributed by atoms with Gasteiger partial charge in [-0.15, -0.1) is 0 Å². The summed E-state index contributed by atoms with van der Waals surface area (Å²) >= 11 is 0. The van der Waals surface area contributed by atoms with Crippen LogP contribution in [0.3, 0.4) is 0 Å². The summed E-state index contributed by atoms with van der Waals surface area (Å²) in [5, 5.41) is 9.58. The normalized spacial score (nSPS) is 12.2. The smallest absolute Gasteiger partial charge is 0.306 e. The fourth-order valence-electron chi connectivity index (χ4n) is 6.69. The SMILES string of the molecule is CC(C)CCCCCCCCCCCCCCCCCCC(=O)OC[C@H](CO)OC(=O)CCCCCCCCCCCCCCCC(C)C. The van der Waals surface area contributed by atoms with Crippen molar-refractivity contribution < 1.29 is 24.2 Å². The predicted molar refractivity (Wildman–Crippen MR) is 210 cm³/mol. The van der Waals surface area contributed by atoms with E-state index in [-0.39, 0.29) is 25.2 Å². The Hall–Kier alpha value is -1.10. The maximum absolute atomic E-state index is 12.2. The van der Waals surface area contributed by atoms with Gasteiger partial charge < -0.3 is 14.6 Å². The highest BCUT2D eigenvalue weighted by Crippen LogP contribution is 2.17. The van der Waals surface area contributed by atoms with Crippen LogP contribution in [0.2, 0.25) is 0 Å². The molecule has 0 aromatic heterocycles. The summed E-state index contributed by atoms with van der Waals surface area (Å²) < 4.78 is 10.6. The minimum absolute atomic E-state index is 0.0579. The first-order valence-corrected chi connectivity index (χ1v) is 21.8. The van der Waals surface area contributed by atoms with Crippen molar-refractivity contribution in [3.8, 4) is 0 Å². The first-order chi connectivity index (χ1) is 23.8. The minimum atomic E-state index is -0.763. The van der Waals surface area contributed by atoms with Gasteiger partial charge in [-0.2, -0.15) is 0 Å². The average molecular weight is 695 g/mol. The van der Waals surface area contributed by atoms with E-state index < -0.39 is 6.10 Å². The Labute approximate surface area is 306 Å². The fourth-order valence-corrected chi connectivity index (χ4v) is 6.69. The second-order valence-corrected chi connectivity index (χ2v) is 16.1. The van der Waals surface area contributed by atoms with Crippen molar-refractivity contribution in [2.75, 3.05) is 13.2 Å². The van der Waals surface area contributed by atoms with Gasteiger partial charge in [0.2, 0.25) is 0 Å². The van der Waals surface area contributed by atoms with Crippen molar-refractivity contribution in [3.05, 3.63) is 0 Å². The van der Waals surface area contributed by atoms with Crippen molar-refractivity contribution in [1.82, 2.24) is 0 Å². The molecule has 1 atom stereocenters. The Morgan fingerprint density at radius 2 is 0.673 bits per heavy atom. The summed E-state index contributed by atoms with van der Waals surface area (Å²) in [5.74, 6) is 1.13. The zero-order valence-corrected chi connectivity index (χ0v) is 33.6. The highest BCUT2D eigenvalue weighted by atomic mass is 16.6. The third-order valence-electron chi connectivity index (χ3n) is 10.0. The summed E-state index contributed by atoms with van der Waals surface area (Å²) in [6, 6.07) is 0. The standard InChI is InChI=1S/C44H86O5/c1-40(2)34-30-26-22-18-14-10-7-5-6-8-12-16-20-24-28-32-36-43(46)48-39-42(38-45)49-44(47)37-33-29-25-21-17-13-9-11-15-19-23-27-31-35-41(3)4/h40-42,45H,5-39H2,1-4H3/t42-/m0/s1. The molecule has 0 aliphatic rings. The summed E-state index contributed by atoms with van der Waals surface area (Å²) in [5.41, 5.74) is 0. The molecule has 0 radical (unpaired) electrons. The molecule has 0 aromatic carbocycles. The molecule has 0 unspecified atom stereocenters. The molecule has 292 valence electrons. The first-order valence-electron chi connectivity index (χ1n) is 21.8. The molecule has 0 bridgehead atoms. The van der Waals surface area contributed by atoms with Crippen LogP contribution in [0.4, 0.5) is 0 Å².